The Hall–Kier alpha value is -1.42. The van der Waals surface area contributed by atoms with Crippen LogP contribution in [-0.2, 0) is 0 Å². The van der Waals surface area contributed by atoms with E-state index < -0.39 is 0 Å². The summed E-state index contributed by atoms with van der Waals surface area (Å²) in [5, 5.41) is 11.6. The third-order valence-electron chi connectivity index (χ3n) is 3.04. The molecule has 0 radical (unpaired) electrons. The van der Waals surface area contributed by atoms with Crippen LogP contribution in [0.25, 0.3) is 5.57 Å². The van der Waals surface area contributed by atoms with E-state index in [4.69, 9.17) is 4.42 Å². The molecule has 4 heteroatoms. The number of hydrogen-bond acceptors (Lipinski definition) is 4. The molecule has 1 aliphatic carbocycles. The normalized spacial score (nSPS) is 24.8. The second-order valence-electron chi connectivity index (χ2n) is 4.23. The highest BCUT2D eigenvalue weighted by Gasteiger charge is 2.22. The Morgan fingerprint density at radius 1 is 1.31 bits per heavy atom. The first kappa shape index (κ1) is 9.78. The largest absolute Gasteiger partial charge is 0.419 e. The summed E-state index contributed by atoms with van der Waals surface area (Å²) in [7, 11) is 0. The monoisotopic (exact) mass is 217 g/mol. The molecule has 84 valence electrons. The van der Waals surface area contributed by atoms with Crippen molar-refractivity contribution < 1.29 is 4.42 Å². The van der Waals surface area contributed by atoms with Gasteiger partial charge in [0.15, 0.2) is 0 Å². The van der Waals surface area contributed by atoms with Gasteiger partial charge in [-0.3, -0.25) is 0 Å². The molecule has 0 spiro atoms. The minimum absolute atomic E-state index is 0.259. The summed E-state index contributed by atoms with van der Waals surface area (Å²) in [6.07, 6.45) is 10.8. The van der Waals surface area contributed by atoms with Crippen LogP contribution in [0, 0.1) is 0 Å². The van der Waals surface area contributed by atoms with Gasteiger partial charge in [-0.1, -0.05) is 18.2 Å². The Balaban J connectivity index is 1.81. The van der Waals surface area contributed by atoms with Gasteiger partial charge in [0, 0.05) is 5.57 Å². The van der Waals surface area contributed by atoms with E-state index in [9.17, 15) is 0 Å². The molecule has 1 saturated heterocycles. The minimum atomic E-state index is 0.259. The van der Waals surface area contributed by atoms with E-state index in [-0.39, 0.29) is 6.04 Å². The van der Waals surface area contributed by atoms with Crippen LogP contribution >= 0.6 is 0 Å². The summed E-state index contributed by atoms with van der Waals surface area (Å²) in [4.78, 5) is 0. The van der Waals surface area contributed by atoms with Gasteiger partial charge < -0.3 is 9.73 Å². The first-order valence-electron chi connectivity index (χ1n) is 5.87. The zero-order valence-corrected chi connectivity index (χ0v) is 9.15. The lowest BCUT2D eigenvalue weighted by Gasteiger charge is -2.03. The fraction of sp³-hybridized carbons (Fsp3) is 0.500. The molecule has 0 saturated carbocycles. The molecule has 16 heavy (non-hydrogen) atoms. The van der Waals surface area contributed by atoms with E-state index in [0.29, 0.717) is 5.89 Å². The zero-order chi connectivity index (χ0) is 10.8. The Labute approximate surface area is 94.4 Å². The van der Waals surface area contributed by atoms with Crippen molar-refractivity contribution in [2.24, 2.45) is 0 Å². The van der Waals surface area contributed by atoms with Crippen LogP contribution in [-0.4, -0.2) is 16.7 Å². The van der Waals surface area contributed by atoms with Crippen molar-refractivity contribution in [2.75, 3.05) is 6.54 Å². The third kappa shape index (κ3) is 1.80. The van der Waals surface area contributed by atoms with Crippen LogP contribution in [0.3, 0.4) is 0 Å². The van der Waals surface area contributed by atoms with Gasteiger partial charge in [-0.2, -0.15) is 0 Å². The summed E-state index contributed by atoms with van der Waals surface area (Å²) < 4.78 is 5.70. The van der Waals surface area contributed by atoms with Crippen LogP contribution < -0.4 is 5.32 Å². The van der Waals surface area contributed by atoms with E-state index in [1.165, 1.54) is 6.42 Å². The van der Waals surface area contributed by atoms with Gasteiger partial charge in [0.25, 0.3) is 0 Å². The highest BCUT2D eigenvalue weighted by atomic mass is 16.4. The molecule has 1 atom stereocenters. The second-order valence-corrected chi connectivity index (χ2v) is 4.23. The van der Waals surface area contributed by atoms with Crippen LogP contribution in [0.4, 0.5) is 0 Å². The molecular formula is C12H15N3O. The van der Waals surface area contributed by atoms with Gasteiger partial charge in [0.1, 0.15) is 0 Å². The average molecular weight is 217 g/mol. The molecule has 3 rings (SSSR count). The molecule has 1 aromatic heterocycles. The molecule has 1 fully saturated rings. The van der Waals surface area contributed by atoms with Crippen LogP contribution in [0.2, 0.25) is 0 Å². The second kappa shape index (κ2) is 4.22. The van der Waals surface area contributed by atoms with Crippen molar-refractivity contribution in [3.8, 4) is 0 Å². The lowest BCUT2D eigenvalue weighted by Crippen LogP contribution is -2.12. The van der Waals surface area contributed by atoms with E-state index >= 15 is 0 Å². The quantitative estimate of drug-likeness (QED) is 0.825. The number of nitrogens with zero attached hydrogens (tertiary/aromatic N) is 2. The fourth-order valence-corrected chi connectivity index (χ4v) is 2.16. The number of nitrogens with one attached hydrogen (secondary N) is 1. The average Bonchev–Trinajstić information content (AvgIpc) is 3.01. The molecule has 0 aromatic carbocycles. The first-order valence-corrected chi connectivity index (χ1v) is 5.87. The lowest BCUT2D eigenvalue weighted by molar-refractivity contribution is 0.423. The van der Waals surface area contributed by atoms with Crippen molar-refractivity contribution >= 4 is 5.57 Å². The zero-order valence-electron chi connectivity index (χ0n) is 9.15. The lowest BCUT2D eigenvalue weighted by atomic mass is 10.1. The van der Waals surface area contributed by atoms with Gasteiger partial charge in [0.2, 0.25) is 11.8 Å². The minimum Gasteiger partial charge on any atom is -0.419 e. The maximum atomic E-state index is 5.70. The predicted molar refractivity (Wildman–Crippen MR) is 60.6 cm³/mol. The van der Waals surface area contributed by atoms with Crippen molar-refractivity contribution in [3.63, 3.8) is 0 Å². The Bertz CT molecular complexity index is 427. The standard InChI is InChI=1S/C12H15N3O/c1-2-5-9(6-3-1)11-14-15-12(16-11)10-7-4-8-13-10/h2,5-6,10,13H,1,3-4,7-8H2. The van der Waals surface area contributed by atoms with E-state index in [1.807, 2.05) is 0 Å². The molecule has 1 N–H and O–H groups in total. The molecular weight excluding hydrogens is 202 g/mol. The Kier molecular flexibility index (Phi) is 2.58. The summed E-state index contributed by atoms with van der Waals surface area (Å²) in [6.45, 7) is 1.05. The number of hydrogen-bond donors (Lipinski definition) is 1. The summed E-state index contributed by atoms with van der Waals surface area (Å²) in [6, 6.07) is 0.259. The molecule has 0 bridgehead atoms. The van der Waals surface area contributed by atoms with Crippen molar-refractivity contribution in [1.82, 2.24) is 15.5 Å². The molecule has 1 aliphatic heterocycles. The predicted octanol–water partition coefficient (Wildman–Crippen LogP) is 2.23. The topological polar surface area (TPSA) is 51.0 Å². The molecule has 2 heterocycles. The number of aromatic nitrogens is 2. The van der Waals surface area contributed by atoms with Gasteiger partial charge in [0.05, 0.1) is 6.04 Å². The highest BCUT2D eigenvalue weighted by molar-refractivity contribution is 5.69. The highest BCUT2D eigenvalue weighted by Crippen LogP contribution is 2.25. The molecule has 1 aromatic rings. The van der Waals surface area contributed by atoms with E-state index in [2.05, 4.69) is 33.7 Å². The van der Waals surface area contributed by atoms with Crippen LogP contribution in [0.1, 0.15) is 43.5 Å². The van der Waals surface area contributed by atoms with Gasteiger partial charge in [-0.15, -0.1) is 10.2 Å². The summed E-state index contributed by atoms with van der Waals surface area (Å²) >= 11 is 0. The molecule has 4 nitrogen and oxygen atoms in total. The molecule has 2 aliphatic rings. The van der Waals surface area contributed by atoms with E-state index in [1.54, 1.807) is 0 Å². The molecule has 1 unspecified atom stereocenters. The van der Waals surface area contributed by atoms with Crippen LogP contribution in [0.5, 0.6) is 0 Å². The fourth-order valence-electron chi connectivity index (χ4n) is 2.16. The molecule has 0 amide bonds. The smallest absolute Gasteiger partial charge is 0.247 e. The summed E-state index contributed by atoms with van der Waals surface area (Å²) in [5.41, 5.74) is 1.06. The third-order valence-corrected chi connectivity index (χ3v) is 3.04. The summed E-state index contributed by atoms with van der Waals surface area (Å²) in [5.74, 6) is 1.38. The van der Waals surface area contributed by atoms with Crippen molar-refractivity contribution in [2.45, 2.75) is 31.7 Å². The maximum absolute atomic E-state index is 5.70. The van der Waals surface area contributed by atoms with Crippen LogP contribution in [0.15, 0.2) is 22.6 Å². The van der Waals surface area contributed by atoms with Crippen molar-refractivity contribution in [3.05, 3.63) is 30.0 Å². The van der Waals surface area contributed by atoms with E-state index in [0.717, 1.165) is 37.3 Å². The Morgan fingerprint density at radius 3 is 3.06 bits per heavy atom. The maximum Gasteiger partial charge on any atom is 0.247 e. The van der Waals surface area contributed by atoms with Gasteiger partial charge in [-0.25, -0.2) is 0 Å². The van der Waals surface area contributed by atoms with Crippen molar-refractivity contribution in [1.29, 1.82) is 0 Å². The SMILES string of the molecule is C1=CC(c2nnc(C3CCCN3)o2)=CCC1. The van der Waals surface area contributed by atoms with Gasteiger partial charge in [-0.05, 0) is 32.2 Å². The number of rotatable bonds is 2. The Morgan fingerprint density at radius 2 is 2.31 bits per heavy atom. The number of allylic oxidation sites excluding steroid dienone is 4. The van der Waals surface area contributed by atoms with Gasteiger partial charge >= 0.3 is 0 Å². The first-order chi connectivity index (χ1) is 7.93.